The van der Waals surface area contributed by atoms with Gasteiger partial charge in [-0.3, -0.25) is 14.3 Å². The van der Waals surface area contributed by atoms with E-state index in [1.54, 1.807) is 33.0 Å². The van der Waals surface area contributed by atoms with E-state index in [9.17, 15) is 14.9 Å². The third kappa shape index (κ3) is 5.70. The van der Waals surface area contributed by atoms with Crippen LogP contribution in [-0.2, 0) is 4.74 Å². The maximum atomic E-state index is 16.7. The molecule has 9 nitrogen and oxygen atoms in total. The van der Waals surface area contributed by atoms with Gasteiger partial charge in [0.2, 0.25) is 5.01 Å². The Morgan fingerprint density at radius 1 is 1.15 bits per heavy atom. The van der Waals surface area contributed by atoms with Gasteiger partial charge in [0.05, 0.1) is 37.8 Å². The predicted octanol–water partition coefficient (Wildman–Crippen LogP) is 7.26. The highest BCUT2D eigenvalue weighted by Crippen LogP contribution is 2.45. The number of esters is 1. The summed E-state index contributed by atoms with van der Waals surface area (Å²) in [6.07, 6.45) is 1.65. The lowest BCUT2D eigenvalue weighted by molar-refractivity contribution is 0.00694. The van der Waals surface area contributed by atoms with Crippen LogP contribution < -0.4 is 15.8 Å². The van der Waals surface area contributed by atoms with E-state index in [1.165, 1.54) is 16.7 Å². The van der Waals surface area contributed by atoms with E-state index in [0.29, 0.717) is 48.8 Å². The van der Waals surface area contributed by atoms with Gasteiger partial charge in [0, 0.05) is 48.9 Å². The van der Waals surface area contributed by atoms with Crippen molar-refractivity contribution in [3.63, 3.8) is 0 Å². The van der Waals surface area contributed by atoms with Crippen LogP contribution in [0.5, 0.6) is 0 Å². The second-order valence-corrected chi connectivity index (χ2v) is 14.3. The molecule has 0 bridgehead atoms. The van der Waals surface area contributed by atoms with Gasteiger partial charge in [-0.05, 0) is 63.4 Å². The number of aromatic nitrogens is 3. The van der Waals surface area contributed by atoms with E-state index in [4.69, 9.17) is 16.3 Å². The molecule has 6 rings (SSSR count). The lowest BCUT2D eigenvalue weighted by Gasteiger charge is -2.32. The van der Waals surface area contributed by atoms with Crippen LogP contribution in [0.1, 0.15) is 67.2 Å². The van der Waals surface area contributed by atoms with E-state index in [1.807, 2.05) is 25.7 Å². The number of piperazine rings is 1. The molecule has 0 aliphatic carbocycles. The number of nitrogens with zero attached hydrogens (tertiary/aromatic N) is 5. The van der Waals surface area contributed by atoms with Crippen LogP contribution in [0.2, 0.25) is 5.02 Å². The second-order valence-electron chi connectivity index (χ2n) is 13.0. The van der Waals surface area contributed by atoms with Gasteiger partial charge in [-0.25, -0.2) is 18.6 Å². The zero-order valence-electron chi connectivity index (χ0n) is 27.3. The van der Waals surface area contributed by atoms with Gasteiger partial charge < -0.3 is 15.0 Å². The molecule has 0 amide bonds. The van der Waals surface area contributed by atoms with Crippen LogP contribution >= 0.6 is 22.9 Å². The third-order valence-electron chi connectivity index (χ3n) is 8.13. The normalized spacial score (nSPS) is 13.8. The first-order chi connectivity index (χ1) is 22.7. The Labute approximate surface area is 284 Å². The first kappa shape index (κ1) is 33.5. The average molecular weight is 691 g/mol. The molecule has 4 heterocycles. The smallest absolute Gasteiger partial charge is 0.368 e. The first-order valence-electron chi connectivity index (χ1n) is 15.5. The number of carbonyl (C=O) groups is 1. The zero-order valence-corrected chi connectivity index (χ0v) is 28.9. The van der Waals surface area contributed by atoms with Gasteiger partial charge in [0.25, 0.3) is 5.56 Å². The van der Waals surface area contributed by atoms with E-state index in [0.717, 1.165) is 17.4 Å². The Kier molecular flexibility index (Phi) is 8.74. The molecule has 0 saturated carbocycles. The summed E-state index contributed by atoms with van der Waals surface area (Å²) in [5, 5.41) is 13.7. The number of ether oxygens (including phenoxy) is 1. The van der Waals surface area contributed by atoms with E-state index in [2.05, 4.69) is 21.4 Å². The van der Waals surface area contributed by atoms with Crippen molar-refractivity contribution < 1.29 is 18.3 Å². The highest BCUT2D eigenvalue weighted by molar-refractivity contribution is 7.20. The molecule has 0 atom stereocenters. The molecular weight excluding hydrogens is 658 g/mol. The van der Waals surface area contributed by atoms with Crippen LogP contribution in [-0.4, -0.2) is 52.3 Å². The summed E-state index contributed by atoms with van der Waals surface area (Å²) >= 11 is 8.05. The number of fused-ring (bicyclic) bond motifs is 2. The van der Waals surface area contributed by atoms with Gasteiger partial charge in [0.1, 0.15) is 28.9 Å². The summed E-state index contributed by atoms with van der Waals surface area (Å²) in [7, 11) is 0. The van der Waals surface area contributed by atoms with Crippen molar-refractivity contribution in [1.82, 2.24) is 19.9 Å². The molecule has 13 heteroatoms. The summed E-state index contributed by atoms with van der Waals surface area (Å²) in [5.41, 5.74) is 0.613. The molecule has 0 unspecified atom stereocenters. The van der Waals surface area contributed by atoms with Gasteiger partial charge in [-0.15, -0.1) is 11.3 Å². The van der Waals surface area contributed by atoms with Crippen LogP contribution in [0.3, 0.4) is 0 Å². The quantitative estimate of drug-likeness (QED) is 0.192. The number of pyridine rings is 2. The topological polar surface area (TPSA) is 113 Å². The van der Waals surface area contributed by atoms with Gasteiger partial charge in [-0.2, -0.15) is 5.26 Å². The second kappa shape index (κ2) is 12.5. The minimum Gasteiger partial charge on any atom is -0.455 e. The number of rotatable bonds is 5. The summed E-state index contributed by atoms with van der Waals surface area (Å²) in [5.74, 6) is -2.30. The van der Waals surface area contributed by atoms with Gasteiger partial charge in [-0.1, -0.05) is 25.4 Å². The Morgan fingerprint density at radius 2 is 1.85 bits per heavy atom. The molecular formula is C35H33ClF2N6O3S. The van der Waals surface area contributed by atoms with Crippen molar-refractivity contribution >= 4 is 55.7 Å². The summed E-state index contributed by atoms with van der Waals surface area (Å²) < 4.78 is 38.7. The number of anilines is 1. The molecule has 1 N–H and O–H groups in total. The number of halogens is 3. The fraction of sp³-hybridized carbons (Fsp3) is 0.343. The number of hydrogen-bond donors (Lipinski definition) is 1. The highest BCUT2D eigenvalue weighted by atomic mass is 35.5. The van der Waals surface area contributed by atoms with Crippen LogP contribution in [0.15, 0.2) is 35.3 Å². The maximum Gasteiger partial charge on any atom is 0.368 e. The number of aryl methyl sites for hydroxylation is 1. The number of nitrogens with one attached hydrogen (secondary N) is 1. The van der Waals surface area contributed by atoms with Crippen molar-refractivity contribution in [3.05, 3.63) is 79.3 Å². The molecule has 48 heavy (non-hydrogen) atoms. The van der Waals surface area contributed by atoms with Crippen molar-refractivity contribution in [1.29, 1.82) is 5.26 Å². The minimum absolute atomic E-state index is 0.0197. The third-order valence-corrected chi connectivity index (χ3v) is 9.54. The molecule has 0 spiro atoms. The zero-order chi connectivity index (χ0) is 34.7. The minimum atomic E-state index is -0.822. The highest BCUT2D eigenvalue weighted by Gasteiger charge is 2.31. The average Bonchev–Trinajstić information content (AvgIpc) is 3.49. The first-order valence-corrected chi connectivity index (χ1v) is 16.7. The Bertz CT molecular complexity index is 2230. The number of hydrogen-bond acceptors (Lipinski definition) is 9. The van der Waals surface area contributed by atoms with Crippen molar-refractivity contribution in [3.8, 4) is 22.9 Å². The van der Waals surface area contributed by atoms with Gasteiger partial charge in [0.15, 0.2) is 0 Å². The number of benzene rings is 2. The van der Waals surface area contributed by atoms with E-state index in [-0.39, 0.29) is 53.8 Å². The molecule has 3 aromatic heterocycles. The van der Waals surface area contributed by atoms with Crippen LogP contribution in [0.25, 0.3) is 37.9 Å². The monoisotopic (exact) mass is 690 g/mol. The predicted molar refractivity (Wildman–Crippen MR) is 185 cm³/mol. The fourth-order valence-electron chi connectivity index (χ4n) is 6.11. The molecule has 1 aliphatic heterocycles. The van der Waals surface area contributed by atoms with Crippen molar-refractivity contribution in [2.45, 2.75) is 53.1 Å². The number of nitriles is 1. The summed E-state index contributed by atoms with van der Waals surface area (Å²) in [6.45, 7) is 13.0. The van der Waals surface area contributed by atoms with Gasteiger partial charge >= 0.3 is 5.97 Å². The number of carbonyl (C=O) groups excluding carboxylic acids is 1. The molecule has 5 aromatic rings. The Hall–Kier alpha value is -4.44. The molecule has 1 saturated heterocycles. The summed E-state index contributed by atoms with van der Waals surface area (Å²) in [4.78, 5) is 38.4. The van der Waals surface area contributed by atoms with E-state index < -0.39 is 28.8 Å². The standard InChI is InChI=1S/C35H33ClF2N6O3S/c1-17(2)26-28(18(3)9-10-41-26)44-30-20(29(21(16-39)33(44)45)43-13-11-40-12-14-43)15-23(38)24(25(30)36)19-7-8-22(37)31-27(19)42-32(48-31)34(46)47-35(4,5)6/h7-10,15,17,40H,11-14H2,1-6H3. The Morgan fingerprint density at radius 3 is 2.50 bits per heavy atom. The lowest BCUT2D eigenvalue weighted by Crippen LogP contribution is -2.44. The molecule has 248 valence electrons. The molecule has 1 fully saturated rings. The van der Waals surface area contributed by atoms with E-state index >= 15 is 8.78 Å². The van der Waals surface area contributed by atoms with Crippen molar-refractivity contribution in [2.75, 3.05) is 31.1 Å². The summed E-state index contributed by atoms with van der Waals surface area (Å²) in [6, 6.07) is 7.64. The van der Waals surface area contributed by atoms with Crippen LogP contribution in [0, 0.1) is 29.9 Å². The number of thiazole rings is 1. The maximum absolute atomic E-state index is 16.7. The lowest BCUT2D eigenvalue weighted by atomic mass is 9.97. The largest absolute Gasteiger partial charge is 0.455 e. The molecule has 0 radical (unpaired) electrons. The Balaban J connectivity index is 1.75. The molecule has 2 aromatic carbocycles. The SMILES string of the molecule is Cc1ccnc(C(C)C)c1-n1c(=O)c(C#N)c(N2CCNCC2)c2cc(F)c(-c3ccc(F)c4sc(C(=O)OC(C)(C)C)nc34)c(Cl)c21. The molecule has 1 aliphatic rings. The fourth-order valence-corrected chi connectivity index (χ4v) is 7.36. The van der Waals surface area contributed by atoms with Crippen LogP contribution in [0.4, 0.5) is 14.5 Å². The van der Waals surface area contributed by atoms with Crippen molar-refractivity contribution in [2.24, 2.45) is 0 Å².